The number of nitrogens with zero attached hydrogens (tertiary/aromatic N) is 3. The number of amides is 1. The number of aliphatic hydroxyl groups excluding tert-OH is 2. The number of hydrogen-bond acceptors (Lipinski definition) is 12. The van der Waals surface area contributed by atoms with E-state index in [2.05, 4.69) is 48.2 Å². The first-order valence-corrected chi connectivity index (χ1v) is 22.2. The van der Waals surface area contributed by atoms with Crippen LogP contribution in [0.4, 0.5) is 0 Å². The number of rotatable bonds is 10. The lowest BCUT2D eigenvalue weighted by Gasteiger charge is -2.53. The summed E-state index contributed by atoms with van der Waals surface area (Å²) in [5, 5.41) is 24.1. The molecule has 6 aliphatic rings. The van der Waals surface area contributed by atoms with Crippen LogP contribution in [0.3, 0.4) is 0 Å². The molecule has 1 spiro atoms. The molecule has 10 atom stereocenters. The van der Waals surface area contributed by atoms with Gasteiger partial charge in [0.25, 0.3) is 0 Å². The van der Waals surface area contributed by atoms with Crippen molar-refractivity contribution in [1.29, 1.82) is 0 Å². The minimum atomic E-state index is -1.79. The summed E-state index contributed by atoms with van der Waals surface area (Å²) in [6.45, 7) is 8.64. The van der Waals surface area contributed by atoms with Gasteiger partial charge in [-0.3, -0.25) is 19.3 Å². The van der Waals surface area contributed by atoms with Crippen molar-refractivity contribution in [3.8, 4) is 0 Å². The molecule has 2 fully saturated rings. The van der Waals surface area contributed by atoms with Crippen molar-refractivity contribution in [2.75, 3.05) is 54.1 Å². The number of methoxy groups -OCH3 is 3. The van der Waals surface area contributed by atoms with Crippen molar-refractivity contribution in [2.45, 2.75) is 82.6 Å². The molecular formula is C45H58BN4O10P. The Morgan fingerprint density at radius 1 is 1.15 bits per heavy atom. The summed E-state index contributed by atoms with van der Waals surface area (Å²) < 4.78 is 23.3. The Bertz CT molecular complexity index is 2260. The van der Waals surface area contributed by atoms with E-state index >= 15 is 4.79 Å². The highest BCUT2D eigenvalue weighted by molar-refractivity contribution is 7.58. The van der Waals surface area contributed by atoms with Gasteiger partial charge >= 0.3 is 17.9 Å². The van der Waals surface area contributed by atoms with Crippen LogP contribution in [0.5, 0.6) is 0 Å². The summed E-state index contributed by atoms with van der Waals surface area (Å²) in [5.41, 5.74) is 2.87. The van der Waals surface area contributed by atoms with E-state index in [-0.39, 0.29) is 12.5 Å². The average molecular weight is 857 g/mol. The fourth-order valence-electron chi connectivity index (χ4n) is 12.4. The largest absolute Gasteiger partial charge is 0.511 e. The maximum Gasteiger partial charge on any atom is 0.338 e. The lowest BCUT2D eigenvalue weighted by atomic mass is 9.57. The van der Waals surface area contributed by atoms with Gasteiger partial charge in [0, 0.05) is 97.4 Å². The second-order valence-electron chi connectivity index (χ2n) is 17.8. The molecule has 3 unspecified atom stereocenters. The molecule has 1 aliphatic carbocycles. The molecule has 6 heterocycles. The van der Waals surface area contributed by atoms with Crippen molar-refractivity contribution >= 4 is 56.8 Å². The van der Waals surface area contributed by atoms with Gasteiger partial charge in [0.15, 0.2) is 13.1 Å². The molecule has 5 aliphatic heterocycles. The zero-order valence-electron chi connectivity index (χ0n) is 35.9. The number of ether oxygens (including phenoxy) is 4. The minimum Gasteiger partial charge on any atom is -0.511 e. The Balaban J connectivity index is 1.39. The molecular weight excluding hydrogens is 798 g/mol. The van der Waals surface area contributed by atoms with Gasteiger partial charge in [0.1, 0.15) is 17.3 Å². The van der Waals surface area contributed by atoms with E-state index < -0.39 is 64.4 Å². The molecule has 0 radical (unpaired) electrons. The van der Waals surface area contributed by atoms with E-state index in [0.29, 0.717) is 69.7 Å². The van der Waals surface area contributed by atoms with Crippen LogP contribution < -0.4 is 5.46 Å². The van der Waals surface area contributed by atoms with E-state index in [1.165, 1.54) is 21.1 Å². The first kappa shape index (κ1) is 43.2. The predicted octanol–water partition coefficient (Wildman–Crippen LogP) is 2.91. The van der Waals surface area contributed by atoms with Crippen molar-refractivity contribution < 1.29 is 48.3 Å². The molecule has 61 heavy (non-hydrogen) atoms. The number of hydrogen-bond donors (Lipinski definition) is 3. The van der Waals surface area contributed by atoms with E-state index in [9.17, 15) is 24.6 Å². The van der Waals surface area contributed by atoms with Crippen LogP contribution in [-0.2, 0) is 50.0 Å². The highest BCUT2D eigenvalue weighted by Crippen LogP contribution is 2.62. The molecule has 0 saturated carbocycles. The lowest BCUT2D eigenvalue weighted by molar-refractivity contribution is -0.181. The Morgan fingerprint density at radius 2 is 1.93 bits per heavy atom. The number of benzene rings is 1. The van der Waals surface area contributed by atoms with Crippen LogP contribution in [0.2, 0.25) is 0 Å². The van der Waals surface area contributed by atoms with Gasteiger partial charge in [0.05, 0.1) is 20.3 Å². The molecule has 2 bridgehead atoms. The summed E-state index contributed by atoms with van der Waals surface area (Å²) in [7, 11) is 7.02. The SMILES string of the molecule is CC[C@@]1([C@@H](OC(C)=O)[C@H](O)C(=O)OC)C=CCN2CC[C@]3(CN(C=O)C4=CC(OC)C([C@@]5(C(=O)OC)C[C@@H]6CC(O)=C(C)N(CCc7c5[nH]c5ccc(BP)cc75)C6)C=C43)[C@@H]21. The van der Waals surface area contributed by atoms with Gasteiger partial charge in [0.2, 0.25) is 6.41 Å². The number of allylic oxidation sites excluding steroid dienone is 3. The van der Waals surface area contributed by atoms with Gasteiger partial charge < -0.3 is 43.9 Å². The van der Waals surface area contributed by atoms with Crippen LogP contribution >= 0.6 is 9.12 Å². The Morgan fingerprint density at radius 3 is 2.61 bits per heavy atom. The first-order chi connectivity index (χ1) is 29.3. The van der Waals surface area contributed by atoms with Gasteiger partial charge in [-0.1, -0.05) is 42.7 Å². The van der Waals surface area contributed by atoms with Crippen LogP contribution in [0.25, 0.3) is 10.9 Å². The molecule has 3 N–H and O–H groups in total. The molecule has 8 rings (SSSR count). The number of nitrogens with one attached hydrogen (secondary N) is 1. The average Bonchev–Trinajstić information content (AvgIpc) is 3.95. The number of esters is 3. The summed E-state index contributed by atoms with van der Waals surface area (Å²) in [4.78, 5) is 64.5. The number of H-pyrrole nitrogens is 1. The predicted molar refractivity (Wildman–Crippen MR) is 233 cm³/mol. The fraction of sp³-hybridized carbons (Fsp3) is 0.556. The number of aliphatic hydroxyl groups is 2. The van der Waals surface area contributed by atoms with Crippen LogP contribution in [0, 0.1) is 22.7 Å². The Hall–Kier alpha value is -4.43. The molecule has 16 heteroatoms. The second kappa shape index (κ2) is 16.4. The smallest absolute Gasteiger partial charge is 0.338 e. The van der Waals surface area contributed by atoms with Crippen molar-refractivity contribution in [2.24, 2.45) is 22.7 Å². The quantitative estimate of drug-likeness (QED) is 0.0799. The normalized spacial score (nSPS) is 31.8. The molecule has 1 aromatic carbocycles. The van der Waals surface area contributed by atoms with E-state index in [0.717, 1.165) is 52.3 Å². The molecule has 1 aromatic heterocycles. The molecule has 2 aromatic rings. The van der Waals surface area contributed by atoms with Crippen molar-refractivity contribution in [3.63, 3.8) is 0 Å². The number of carbonyl (C=O) groups excluding carboxylic acids is 4. The van der Waals surface area contributed by atoms with Gasteiger partial charge in [-0.05, 0) is 68.3 Å². The summed E-state index contributed by atoms with van der Waals surface area (Å²) in [6, 6.07) is 5.88. The number of likely N-dealkylation sites (tertiary alicyclic amines) is 1. The van der Waals surface area contributed by atoms with Gasteiger partial charge in [-0.25, -0.2) is 4.79 Å². The maximum atomic E-state index is 15.3. The Labute approximate surface area is 359 Å². The number of carbonyl (C=O) groups is 4. The van der Waals surface area contributed by atoms with Crippen molar-refractivity contribution in [1.82, 2.24) is 19.7 Å². The number of aromatic amines is 1. The molecule has 326 valence electrons. The van der Waals surface area contributed by atoms with Crippen molar-refractivity contribution in [3.05, 3.63) is 76.5 Å². The van der Waals surface area contributed by atoms with Gasteiger partial charge in [-0.15, -0.1) is 0 Å². The zero-order chi connectivity index (χ0) is 43.6. The summed E-state index contributed by atoms with van der Waals surface area (Å²) in [6.07, 6.45) is 7.36. The molecule has 1 amide bonds. The highest BCUT2D eigenvalue weighted by atomic mass is 31.0. The summed E-state index contributed by atoms with van der Waals surface area (Å²) >= 11 is 0. The van der Waals surface area contributed by atoms with E-state index in [4.69, 9.17) is 18.9 Å². The highest BCUT2D eigenvalue weighted by Gasteiger charge is 2.67. The fourth-order valence-corrected chi connectivity index (χ4v) is 12.6. The zero-order valence-corrected chi connectivity index (χ0v) is 37.1. The van der Waals surface area contributed by atoms with E-state index in [1.54, 1.807) is 12.0 Å². The third kappa shape index (κ3) is 6.59. The van der Waals surface area contributed by atoms with Gasteiger partial charge in [-0.2, -0.15) is 9.12 Å². The molecule has 14 nitrogen and oxygen atoms in total. The third-order valence-corrected chi connectivity index (χ3v) is 15.5. The third-order valence-electron chi connectivity index (χ3n) is 15.0. The van der Waals surface area contributed by atoms with Crippen LogP contribution in [-0.4, -0.2) is 140 Å². The minimum absolute atomic E-state index is 0.143. The summed E-state index contributed by atoms with van der Waals surface area (Å²) in [5.74, 6) is -2.52. The maximum absolute atomic E-state index is 15.3. The second-order valence-corrected chi connectivity index (χ2v) is 18.2. The topological polar surface area (TPSA) is 171 Å². The first-order valence-electron chi connectivity index (χ1n) is 21.4. The number of fused-ring (bicyclic) bond motifs is 9. The van der Waals surface area contributed by atoms with Crippen LogP contribution in [0.1, 0.15) is 57.7 Å². The lowest BCUT2D eigenvalue weighted by Crippen LogP contribution is -2.63. The molecule has 2 saturated heterocycles. The van der Waals surface area contributed by atoms with E-state index in [1.807, 2.05) is 32.1 Å². The van der Waals surface area contributed by atoms with Crippen LogP contribution in [0.15, 0.2) is 65.2 Å². The number of aromatic nitrogens is 1. The monoisotopic (exact) mass is 856 g/mol. The Kier molecular flexibility index (Phi) is 11.6. The standard InChI is InChI=1S/C45H58BN4O10P/c1-7-43(39(60-26(3)52)37(54)40(55)58-5)12-8-14-48-16-13-44(41(43)48)23-50(24-51)34-20-36(57-4)32(19-31(34)44)45(42(56)59-6)21-27-17-35(53)25(2)49(22-27)15-11-29-30-18-28(46-61)9-10-33(30)47-38(29)45/h8-10,12,18-20,24,27,32,36-37,39,41,46-47,53-54H,7,11,13-17,21-23,61H2,1-6H3/t27-,32?,36?,37-,39-,41-,43-,44+,45-/m0/s1.